The third kappa shape index (κ3) is 4.42. The van der Waals surface area contributed by atoms with E-state index in [1.807, 2.05) is 0 Å². The molecule has 0 bridgehead atoms. The second-order valence-corrected chi connectivity index (χ2v) is 3.89. The van der Waals surface area contributed by atoms with E-state index >= 15 is 0 Å². The van der Waals surface area contributed by atoms with E-state index in [1.165, 1.54) is 12.1 Å². The Morgan fingerprint density at radius 2 is 2.00 bits per heavy atom. The highest BCUT2D eigenvalue weighted by Gasteiger charge is 2.30. The molecule has 0 saturated carbocycles. The molecule has 1 amide bonds. The monoisotopic (exact) mass is 287 g/mol. The first-order valence-corrected chi connectivity index (χ1v) is 5.47. The number of anilines is 1. The van der Waals surface area contributed by atoms with Gasteiger partial charge in [-0.05, 0) is 18.2 Å². The first kappa shape index (κ1) is 15.7. The van der Waals surface area contributed by atoms with E-state index in [0.717, 1.165) is 19.2 Å². The number of ether oxygens (including phenoxy) is 1. The molecule has 0 unspecified atom stereocenters. The number of benzene rings is 1. The van der Waals surface area contributed by atoms with Crippen molar-refractivity contribution in [1.82, 2.24) is 0 Å². The summed E-state index contributed by atoms with van der Waals surface area (Å²) in [6.07, 6.45) is -4.83. The molecule has 1 aromatic rings. The fourth-order valence-corrected chi connectivity index (χ4v) is 1.32. The molecule has 1 N–H and O–H groups in total. The number of hydrogen-bond donors (Lipinski definition) is 1. The smallest absolute Gasteiger partial charge is 0.416 e. The molecule has 7 heteroatoms. The van der Waals surface area contributed by atoms with Crippen molar-refractivity contribution < 1.29 is 27.5 Å². The van der Waals surface area contributed by atoms with Gasteiger partial charge in [0.25, 0.3) is 5.91 Å². The molecule has 4 nitrogen and oxygen atoms in total. The van der Waals surface area contributed by atoms with Gasteiger partial charge in [0.15, 0.2) is 0 Å². The number of hydrogen-bond acceptors (Lipinski definition) is 3. The van der Waals surface area contributed by atoms with Crippen LogP contribution >= 0.6 is 0 Å². The van der Waals surface area contributed by atoms with Crippen LogP contribution in [0.4, 0.5) is 18.9 Å². The average molecular weight is 287 g/mol. The zero-order chi connectivity index (χ0) is 15.3. The number of rotatable bonds is 4. The Hall–Kier alpha value is -2.31. The molecule has 1 aromatic carbocycles. The van der Waals surface area contributed by atoms with Gasteiger partial charge < -0.3 is 10.1 Å². The Morgan fingerprint density at radius 3 is 2.55 bits per heavy atom. The van der Waals surface area contributed by atoms with Crippen molar-refractivity contribution in [2.24, 2.45) is 0 Å². The fourth-order valence-electron chi connectivity index (χ4n) is 1.32. The minimum Gasteiger partial charge on any atom is -0.469 e. The number of carbonyl (C=O) groups is 2. The third-order valence-electron chi connectivity index (χ3n) is 2.35. The van der Waals surface area contributed by atoms with Gasteiger partial charge >= 0.3 is 12.1 Å². The Bertz CT molecular complexity index is 538. The molecule has 0 radical (unpaired) electrons. The van der Waals surface area contributed by atoms with Crippen LogP contribution in [0.25, 0.3) is 0 Å². The molecular weight excluding hydrogens is 275 g/mol. The molecule has 108 valence electrons. The van der Waals surface area contributed by atoms with Crippen LogP contribution in [0.1, 0.15) is 12.0 Å². The van der Waals surface area contributed by atoms with Crippen LogP contribution in [0.5, 0.6) is 0 Å². The average Bonchev–Trinajstić information content (AvgIpc) is 2.37. The number of alkyl halides is 3. The molecular formula is C13H12F3NO3. The number of carbonyl (C=O) groups excluding carboxylic acids is 2. The number of halogens is 3. The summed E-state index contributed by atoms with van der Waals surface area (Å²) in [5, 5.41) is 2.24. The Morgan fingerprint density at radius 1 is 1.35 bits per heavy atom. The quantitative estimate of drug-likeness (QED) is 0.684. The van der Waals surface area contributed by atoms with E-state index in [9.17, 15) is 22.8 Å². The van der Waals surface area contributed by atoms with E-state index in [0.29, 0.717) is 0 Å². The highest BCUT2D eigenvalue weighted by molar-refractivity contribution is 6.05. The highest BCUT2D eigenvalue weighted by Crippen LogP contribution is 2.30. The predicted molar refractivity (Wildman–Crippen MR) is 65.8 cm³/mol. The van der Waals surface area contributed by atoms with Crippen LogP contribution in [0.2, 0.25) is 0 Å². The van der Waals surface area contributed by atoms with Crippen molar-refractivity contribution in [2.45, 2.75) is 12.6 Å². The summed E-state index contributed by atoms with van der Waals surface area (Å²) < 4.78 is 41.8. The maximum absolute atomic E-state index is 12.5. The van der Waals surface area contributed by atoms with Gasteiger partial charge in [-0.15, -0.1) is 0 Å². The maximum Gasteiger partial charge on any atom is 0.416 e. The van der Waals surface area contributed by atoms with Crippen molar-refractivity contribution in [3.05, 3.63) is 42.0 Å². The van der Waals surface area contributed by atoms with Gasteiger partial charge in [-0.1, -0.05) is 12.6 Å². The van der Waals surface area contributed by atoms with Crippen LogP contribution < -0.4 is 5.32 Å². The predicted octanol–water partition coefficient (Wildman–Crippen LogP) is 2.76. The minimum atomic E-state index is -4.50. The molecule has 0 aliphatic heterocycles. The van der Waals surface area contributed by atoms with Crippen LogP contribution in [0.3, 0.4) is 0 Å². The van der Waals surface area contributed by atoms with Gasteiger partial charge in [-0.2, -0.15) is 13.2 Å². The Balaban J connectivity index is 2.76. The molecule has 0 heterocycles. The summed E-state index contributed by atoms with van der Waals surface area (Å²) in [5.41, 5.74) is -1.01. The van der Waals surface area contributed by atoms with Crippen LogP contribution in [-0.2, 0) is 20.5 Å². The van der Waals surface area contributed by atoms with Crippen molar-refractivity contribution in [1.29, 1.82) is 0 Å². The highest BCUT2D eigenvalue weighted by atomic mass is 19.4. The number of amides is 1. The van der Waals surface area contributed by atoms with E-state index < -0.39 is 23.6 Å². The summed E-state index contributed by atoms with van der Waals surface area (Å²) in [6, 6.07) is 4.16. The van der Waals surface area contributed by atoms with Gasteiger partial charge in [-0.25, -0.2) is 0 Å². The summed E-state index contributed by atoms with van der Waals surface area (Å²) >= 11 is 0. The van der Waals surface area contributed by atoms with Crippen molar-refractivity contribution >= 4 is 17.6 Å². The Labute approximate surface area is 113 Å². The topological polar surface area (TPSA) is 55.4 Å². The molecule has 0 aliphatic rings. The SMILES string of the molecule is C=C(CC(=O)OC)C(=O)Nc1cccc(C(F)(F)F)c1. The van der Waals surface area contributed by atoms with Crippen molar-refractivity contribution in [3.63, 3.8) is 0 Å². The molecule has 20 heavy (non-hydrogen) atoms. The van der Waals surface area contributed by atoms with Crippen LogP contribution in [0.15, 0.2) is 36.4 Å². The minimum absolute atomic E-state index is 0.0316. The van der Waals surface area contributed by atoms with Crippen LogP contribution in [-0.4, -0.2) is 19.0 Å². The lowest BCUT2D eigenvalue weighted by atomic mass is 10.1. The summed E-state index contributed by atoms with van der Waals surface area (Å²) in [4.78, 5) is 22.6. The van der Waals surface area contributed by atoms with Gasteiger partial charge in [0.1, 0.15) is 0 Å². The van der Waals surface area contributed by atoms with Crippen molar-refractivity contribution in [3.8, 4) is 0 Å². The van der Waals surface area contributed by atoms with E-state index in [2.05, 4.69) is 16.6 Å². The van der Waals surface area contributed by atoms with Crippen molar-refractivity contribution in [2.75, 3.05) is 12.4 Å². The molecule has 0 saturated heterocycles. The fraction of sp³-hybridized carbons (Fsp3) is 0.231. The molecule has 0 fully saturated rings. The number of methoxy groups -OCH3 is 1. The zero-order valence-electron chi connectivity index (χ0n) is 10.6. The maximum atomic E-state index is 12.5. The van der Waals surface area contributed by atoms with Gasteiger partial charge in [0.2, 0.25) is 0 Å². The second-order valence-electron chi connectivity index (χ2n) is 3.89. The normalized spacial score (nSPS) is 10.8. The summed E-state index contributed by atoms with van der Waals surface area (Å²) in [7, 11) is 1.15. The number of nitrogens with one attached hydrogen (secondary N) is 1. The second kappa shape index (κ2) is 6.23. The molecule has 1 rings (SSSR count). The van der Waals surface area contributed by atoms with Gasteiger partial charge in [0.05, 0.1) is 19.1 Å². The van der Waals surface area contributed by atoms with E-state index in [-0.39, 0.29) is 17.7 Å². The van der Waals surface area contributed by atoms with Gasteiger partial charge in [0, 0.05) is 11.3 Å². The van der Waals surface area contributed by atoms with Crippen LogP contribution in [0, 0.1) is 0 Å². The lowest BCUT2D eigenvalue weighted by molar-refractivity contribution is -0.140. The molecule has 0 aliphatic carbocycles. The summed E-state index contributed by atoms with van der Waals surface area (Å²) in [5.74, 6) is -1.40. The molecule has 0 atom stereocenters. The first-order valence-electron chi connectivity index (χ1n) is 5.47. The first-order chi connectivity index (χ1) is 9.24. The number of esters is 1. The lowest BCUT2D eigenvalue weighted by Gasteiger charge is -2.10. The largest absolute Gasteiger partial charge is 0.469 e. The lowest BCUT2D eigenvalue weighted by Crippen LogP contribution is -2.17. The summed E-state index contributed by atoms with van der Waals surface area (Å²) in [6.45, 7) is 3.37. The zero-order valence-corrected chi connectivity index (χ0v) is 10.6. The third-order valence-corrected chi connectivity index (χ3v) is 2.35. The van der Waals surface area contributed by atoms with E-state index in [4.69, 9.17) is 0 Å². The van der Waals surface area contributed by atoms with Gasteiger partial charge in [-0.3, -0.25) is 9.59 Å². The Kier molecular flexibility index (Phi) is 4.90. The molecule has 0 aromatic heterocycles. The molecule has 0 spiro atoms. The van der Waals surface area contributed by atoms with E-state index in [1.54, 1.807) is 0 Å². The standard InChI is InChI=1S/C13H12F3NO3/c1-8(6-11(18)20-2)12(19)17-10-5-3-4-9(7-10)13(14,15)16/h3-5,7H,1,6H2,2H3,(H,17,19).